The minimum absolute atomic E-state index is 0.158. The Hall–Kier alpha value is -0.340. The van der Waals surface area contributed by atoms with Crippen molar-refractivity contribution in [3.8, 4) is 0 Å². The fourth-order valence-electron chi connectivity index (χ4n) is 3.60. The Morgan fingerprint density at radius 1 is 1.31 bits per heavy atom. The van der Waals surface area contributed by atoms with Crippen molar-refractivity contribution in [1.29, 1.82) is 0 Å². The Morgan fingerprint density at radius 2 is 2.06 bits per heavy atom. The molecule has 0 bridgehead atoms. The third-order valence-electron chi connectivity index (χ3n) is 4.57. The van der Waals surface area contributed by atoms with Crippen LogP contribution in [0.3, 0.4) is 0 Å². The summed E-state index contributed by atoms with van der Waals surface area (Å²) < 4.78 is 0. The third kappa shape index (κ3) is 2.18. The van der Waals surface area contributed by atoms with Crippen LogP contribution in [0.15, 0.2) is 11.6 Å². The van der Waals surface area contributed by atoms with E-state index in [0.29, 0.717) is 23.7 Å². The Labute approximate surface area is 98.4 Å². The highest BCUT2D eigenvalue weighted by molar-refractivity contribution is 5.13. The summed E-state index contributed by atoms with van der Waals surface area (Å²) in [5.74, 6) is 2.31. The summed E-state index contributed by atoms with van der Waals surface area (Å²) in [6.07, 6.45) is 6.21. The molecular formula is C14H24O2. The largest absolute Gasteiger partial charge is 0.393 e. The highest BCUT2D eigenvalue weighted by Crippen LogP contribution is 2.46. The van der Waals surface area contributed by atoms with E-state index in [1.807, 2.05) is 0 Å². The molecule has 2 aliphatic carbocycles. The highest BCUT2D eigenvalue weighted by atomic mass is 16.3. The lowest BCUT2D eigenvalue weighted by molar-refractivity contribution is 0.0837. The second-order valence-corrected chi connectivity index (χ2v) is 5.82. The molecule has 0 amide bonds. The number of fused-ring (bicyclic) bond motifs is 1. The molecule has 1 saturated carbocycles. The molecule has 2 aliphatic rings. The molecule has 2 heteroatoms. The molecule has 0 aromatic rings. The summed E-state index contributed by atoms with van der Waals surface area (Å²) in [7, 11) is 0. The van der Waals surface area contributed by atoms with E-state index in [-0.39, 0.29) is 12.7 Å². The van der Waals surface area contributed by atoms with E-state index in [9.17, 15) is 10.2 Å². The van der Waals surface area contributed by atoms with Gasteiger partial charge in [-0.2, -0.15) is 0 Å². The van der Waals surface area contributed by atoms with Crippen LogP contribution in [0.25, 0.3) is 0 Å². The van der Waals surface area contributed by atoms with Crippen LogP contribution in [-0.2, 0) is 0 Å². The van der Waals surface area contributed by atoms with E-state index >= 15 is 0 Å². The number of hydrogen-bond donors (Lipinski definition) is 2. The predicted octanol–water partition coefficient (Wildman–Crippen LogP) is 2.36. The van der Waals surface area contributed by atoms with Crippen molar-refractivity contribution in [2.75, 3.05) is 6.61 Å². The maximum atomic E-state index is 10.2. The van der Waals surface area contributed by atoms with Gasteiger partial charge in [0.25, 0.3) is 0 Å². The molecule has 0 radical (unpaired) electrons. The average molecular weight is 224 g/mol. The van der Waals surface area contributed by atoms with Gasteiger partial charge in [0.15, 0.2) is 0 Å². The maximum Gasteiger partial charge on any atom is 0.0641 e. The first-order valence-electron chi connectivity index (χ1n) is 6.62. The average Bonchev–Trinajstić information content (AvgIpc) is 2.60. The minimum atomic E-state index is -0.158. The quantitative estimate of drug-likeness (QED) is 0.707. The molecular weight excluding hydrogens is 200 g/mol. The lowest BCUT2D eigenvalue weighted by atomic mass is 9.81. The van der Waals surface area contributed by atoms with Crippen LogP contribution in [0, 0.1) is 23.7 Å². The molecule has 0 spiro atoms. The number of aliphatic hydroxyl groups is 2. The van der Waals surface area contributed by atoms with Crippen LogP contribution >= 0.6 is 0 Å². The number of rotatable bonds is 2. The summed E-state index contributed by atoms with van der Waals surface area (Å²) >= 11 is 0. The van der Waals surface area contributed by atoms with Gasteiger partial charge in [0.1, 0.15) is 0 Å². The van der Waals surface area contributed by atoms with Crippen LogP contribution in [0.5, 0.6) is 0 Å². The normalized spacial score (nSPS) is 39.4. The standard InChI is InChI=1S/C14H24O2/c1-9(2)11-4-5-12-13(11)7-10(8-15)3-6-14(12)16/h7,9,11-16H,3-6,8H2,1-2H3. The molecule has 2 N–H and O–H groups in total. The molecule has 2 nitrogen and oxygen atoms in total. The lowest BCUT2D eigenvalue weighted by Crippen LogP contribution is -2.25. The molecule has 0 aromatic heterocycles. The first-order chi connectivity index (χ1) is 7.63. The van der Waals surface area contributed by atoms with E-state index in [0.717, 1.165) is 24.8 Å². The van der Waals surface area contributed by atoms with Crippen LogP contribution in [0.2, 0.25) is 0 Å². The molecule has 4 unspecified atom stereocenters. The zero-order valence-corrected chi connectivity index (χ0v) is 10.4. The predicted molar refractivity (Wildman–Crippen MR) is 65.0 cm³/mol. The molecule has 0 saturated heterocycles. The van der Waals surface area contributed by atoms with Gasteiger partial charge in [0.2, 0.25) is 0 Å². The monoisotopic (exact) mass is 224 g/mol. The molecule has 0 heterocycles. The van der Waals surface area contributed by atoms with Gasteiger partial charge in [-0.05, 0) is 54.9 Å². The van der Waals surface area contributed by atoms with Gasteiger partial charge in [-0.1, -0.05) is 19.9 Å². The first-order valence-corrected chi connectivity index (χ1v) is 6.62. The van der Waals surface area contributed by atoms with Crippen molar-refractivity contribution in [1.82, 2.24) is 0 Å². The summed E-state index contributed by atoms with van der Waals surface area (Å²) in [6.45, 7) is 4.72. The second kappa shape index (κ2) is 4.89. The molecule has 16 heavy (non-hydrogen) atoms. The van der Waals surface area contributed by atoms with Crippen molar-refractivity contribution in [2.45, 2.75) is 45.6 Å². The van der Waals surface area contributed by atoms with Gasteiger partial charge >= 0.3 is 0 Å². The lowest BCUT2D eigenvalue weighted by Gasteiger charge is -2.26. The molecule has 0 aliphatic heterocycles. The maximum absolute atomic E-state index is 10.2. The minimum Gasteiger partial charge on any atom is -0.393 e. The second-order valence-electron chi connectivity index (χ2n) is 5.82. The fourth-order valence-corrected chi connectivity index (χ4v) is 3.60. The summed E-state index contributed by atoms with van der Waals surface area (Å²) in [5.41, 5.74) is 1.14. The van der Waals surface area contributed by atoms with Crippen LogP contribution < -0.4 is 0 Å². The van der Waals surface area contributed by atoms with Crippen molar-refractivity contribution in [3.05, 3.63) is 11.6 Å². The fraction of sp³-hybridized carbons (Fsp3) is 0.857. The number of allylic oxidation sites excluding steroid dienone is 1. The highest BCUT2D eigenvalue weighted by Gasteiger charge is 2.40. The van der Waals surface area contributed by atoms with Gasteiger partial charge in [0, 0.05) is 0 Å². The van der Waals surface area contributed by atoms with Crippen molar-refractivity contribution in [3.63, 3.8) is 0 Å². The third-order valence-corrected chi connectivity index (χ3v) is 4.57. The number of aliphatic hydroxyl groups excluding tert-OH is 2. The molecule has 4 atom stereocenters. The zero-order valence-electron chi connectivity index (χ0n) is 10.4. The molecule has 0 aromatic carbocycles. The van der Waals surface area contributed by atoms with Gasteiger partial charge < -0.3 is 10.2 Å². The summed E-state index contributed by atoms with van der Waals surface area (Å²) in [6, 6.07) is 0. The van der Waals surface area contributed by atoms with Gasteiger partial charge in [-0.3, -0.25) is 0 Å². The van der Waals surface area contributed by atoms with Crippen molar-refractivity contribution < 1.29 is 10.2 Å². The topological polar surface area (TPSA) is 40.5 Å². The van der Waals surface area contributed by atoms with E-state index in [1.54, 1.807) is 0 Å². The van der Waals surface area contributed by atoms with Crippen LogP contribution in [0.4, 0.5) is 0 Å². The van der Waals surface area contributed by atoms with Crippen LogP contribution in [0.1, 0.15) is 39.5 Å². The van der Waals surface area contributed by atoms with Gasteiger partial charge in [-0.15, -0.1) is 0 Å². The first kappa shape index (κ1) is 12.1. The van der Waals surface area contributed by atoms with Crippen LogP contribution in [-0.4, -0.2) is 22.9 Å². The zero-order chi connectivity index (χ0) is 11.7. The molecule has 92 valence electrons. The molecule has 1 fully saturated rings. The van der Waals surface area contributed by atoms with Gasteiger partial charge in [-0.25, -0.2) is 0 Å². The summed E-state index contributed by atoms with van der Waals surface area (Å²) in [4.78, 5) is 0. The van der Waals surface area contributed by atoms with E-state index < -0.39 is 0 Å². The Balaban J connectivity index is 2.22. The van der Waals surface area contributed by atoms with E-state index in [1.165, 1.54) is 6.42 Å². The Bertz CT molecular complexity index is 270. The molecule has 2 rings (SSSR count). The SMILES string of the molecule is CC(C)C1CCC2C(O)CCC(CO)=CC12. The van der Waals surface area contributed by atoms with Crippen molar-refractivity contribution >= 4 is 0 Å². The van der Waals surface area contributed by atoms with E-state index in [2.05, 4.69) is 19.9 Å². The Morgan fingerprint density at radius 3 is 2.69 bits per heavy atom. The number of hydrogen-bond acceptors (Lipinski definition) is 2. The summed E-state index contributed by atoms with van der Waals surface area (Å²) in [5, 5.41) is 19.5. The van der Waals surface area contributed by atoms with Crippen molar-refractivity contribution in [2.24, 2.45) is 23.7 Å². The smallest absolute Gasteiger partial charge is 0.0641 e. The Kier molecular flexibility index (Phi) is 3.70. The van der Waals surface area contributed by atoms with E-state index in [4.69, 9.17) is 0 Å². The van der Waals surface area contributed by atoms with Gasteiger partial charge in [0.05, 0.1) is 12.7 Å².